The number of carboxylic acid groups (broad SMARTS) is 1. The van der Waals surface area contributed by atoms with E-state index in [0.29, 0.717) is 18.1 Å². The zero-order valence-electron chi connectivity index (χ0n) is 21.8. The number of rotatable bonds is 11. The molecular formula is C28H46O4Si. The van der Waals surface area contributed by atoms with Crippen LogP contribution in [0.1, 0.15) is 98.3 Å². The van der Waals surface area contributed by atoms with Gasteiger partial charge in [-0.2, -0.15) is 0 Å². The molecule has 0 aliphatic heterocycles. The van der Waals surface area contributed by atoms with Gasteiger partial charge in [0.05, 0.1) is 12.0 Å². The van der Waals surface area contributed by atoms with E-state index >= 15 is 0 Å². The normalized spacial score (nSPS) is 21.8. The van der Waals surface area contributed by atoms with Crippen molar-refractivity contribution in [1.82, 2.24) is 0 Å². The molecule has 2 aliphatic carbocycles. The van der Waals surface area contributed by atoms with Crippen molar-refractivity contribution in [3.8, 4) is 0 Å². The third-order valence-electron chi connectivity index (χ3n) is 8.19. The highest BCUT2D eigenvalue weighted by molar-refractivity contribution is 6.74. The van der Waals surface area contributed by atoms with E-state index in [4.69, 9.17) is 9.53 Å². The van der Waals surface area contributed by atoms with Gasteiger partial charge in [-0.15, -0.1) is 5.73 Å². The van der Waals surface area contributed by atoms with Crippen LogP contribution >= 0.6 is 0 Å². The standard InChI is InChI=1S/C28H46O4Si/c1-27(2,3)33(5,6)32-28(4,23-14-10-9-11-15-23)21-20-22-18-19-25(29)24(22)16-12-7-8-13-17-26(30)31/h7,13,18,23-24H,9-12,14-17,19-21H2,1-6H3,(H,30,31)/t8?,24-,28+/m1/s1. The Morgan fingerprint density at radius 3 is 2.45 bits per heavy atom. The van der Waals surface area contributed by atoms with Crippen LogP contribution in [0.15, 0.2) is 29.5 Å². The summed E-state index contributed by atoms with van der Waals surface area (Å²) in [5.74, 6) is 0.0514. The lowest BCUT2D eigenvalue weighted by Crippen LogP contribution is -2.52. The minimum Gasteiger partial charge on any atom is -0.481 e. The van der Waals surface area contributed by atoms with Crippen LogP contribution in [-0.4, -0.2) is 30.8 Å². The van der Waals surface area contributed by atoms with Gasteiger partial charge in [-0.05, 0) is 81.7 Å². The summed E-state index contributed by atoms with van der Waals surface area (Å²) in [5, 5.41) is 8.88. The Morgan fingerprint density at radius 1 is 1.18 bits per heavy atom. The Hall–Kier alpha value is -1.42. The zero-order chi connectivity index (χ0) is 24.7. The van der Waals surface area contributed by atoms with E-state index in [1.807, 2.05) is 6.08 Å². The number of hydrogen-bond acceptors (Lipinski definition) is 3. The number of ketones is 1. The average Bonchev–Trinajstić information content (AvgIpc) is 3.08. The highest BCUT2D eigenvalue weighted by Gasteiger charge is 2.46. The van der Waals surface area contributed by atoms with Gasteiger partial charge in [0.2, 0.25) is 0 Å². The third-order valence-corrected chi connectivity index (χ3v) is 12.8. The van der Waals surface area contributed by atoms with Crippen molar-refractivity contribution in [3.05, 3.63) is 29.5 Å². The minimum atomic E-state index is -1.92. The van der Waals surface area contributed by atoms with E-state index < -0.39 is 14.3 Å². The average molecular weight is 475 g/mol. The molecule has 0 heterocycles. The Labute approximate surface area is 202 Å². The van der Waals surface area contributed by atoms with Gasteiger partial charge in [-0.3, -0.25) is 9.59 Å². The maximum atomic E-state index is 12.6. The summed E-state index contributed by atoms with van der Waals surface area (Å²) >= 11 is 0. The molecule has 2 atom stereocenters. The summed E-state index contributed by atoms with van der Waals surface area (Å²) < 4.78 is 7.15. The first-order valence-corrected chi connectivity index (χ1v) is 15.8. The van der Waals surface area contributed by atoms with Crippen LogP contribution in [0.25, 0.3) is 0 Å². The number of carbonyl (C=O) groups is 2. The second kappa shape index (κ2) is 11.8. The zero-order valence-corrected chi connectivity index (χ0v) is 22.8. The fourth-order valence-electron chi connectivity index (χ4n) is 5.09. The number of allylic oxidation sites excluding steroid dienone is 2. The van der Waals surface area contributed by atoms with Crippen LogP contribution in [0.3, 0.4) is 0 Å². The molecule has 33 heavy (non-hydrogen) atoms. The molecule has 0 amide bonds. The molecule has 0 unspecified atom stereocenters. The molecule has 1 fully saturated rings. The number of aliphatic carboxylic acids is 1. The summed E-state index contributed by atoms with van der Waals surface area (Å²) in [6.07, 6.45) is 15.9. The van der Waals surface area contributed by atoms with Gasteiger partial charge >= 0.3 is 5.97 Å². The van der Waals surface area contributed by atoms with Crippen molar-refractivity contribution in [2.75, 3.05) is 0 Å². The van der Waals surface area contributed by atoms with Crippen molar-refractivity contribution in [2.24, 2.45) is 11.8 Å². The van der Waals surface area contributed by atoms with E-state index in [1.54, 1.807) is 0 Å². The predicted octanol–water partition coefficient (Wildman–Crippen LogP) is 7.61. The van der Waals surface area contributed by atoms with E-state index in [-0.39, 0.29) is 23.0 Å². The van der Waals surface area contributed by atoms with Gasteiger partial charge in [-0.1, -0.05) is 51.7 Å². The number of hydrogen-bond donors (Lipinski definition) is 1. The Kier molecular flexibility index (Phi) is 9.96. The number of carbonyl (C=O) groups excluding carboxylic acids is 1. The number of carboxylic acids is 1. The van der Waals surface area contributed by atoms with Gasteiger partial charge in [0.1, 0.15) is 5.78 Å². The Balaban J connectivity index is 2.07. The second-order valence-electron chi connectivity index (χ2n) is 11.8. The fourth-order valence-corrected chi connectivity index (χ4v) is 6.83. The van der Waals surface area contributed by atoms with Crippen molar-refractivity contribution in [1.29, 1.82) is 0 Å². The topological polar surface area (TPSA) is 63.6 Å². The summed E-state index contributed by atoms with van der Waals surface area (Å²) in [6, 6.07) is 0. The first-order chi connectivity index (χ1) is 15.4. The molecule has 1 saturated carbocycles. The van der Waals surface area contributed by atoms with Crippen molar-refractivity contribution < 1.29 is 19.1 Å². The van der Waals surface area contributed by atoms with E-state index in [2.05, 4.69) is 52.6 Å². The molecule has 0 radical (unpaired) electrons. The first-order valence-electron chi connectivity index (χ1n) is 12.9. The molecule has 0 spiro atoms. The molecule has 0 bridgehead atoms. The molecule has 2 rings (SSSR count). The maximum absolute atomic E-state index is 12.6. The van der Waals surface area contributed by atoms with Crippen molar-refractivity contribution >= 4 is 20.1 Å². The molecule has 1 N–H and O–H groups in total. The Morgan fingerprint density at radius 2 is 1.85 bits per heavy atom. The molecule has 5 heteroatoms. The van der Waals surface area contributed by atoms with Gasteiger partial charge in [0.25, 0.3) is 0 Å². The van der Waals surface area contributed by atoms with Crippen molar-refractivity contribution in [3.63, 3.8) is 0 Å². The van der Waals surface area contributed by atoms with Crippen LogP contribution in [0.4, 0.5) is 0 Å². The quantitative estimate of drug-likeness (QED) is 0.190. The highest BCUT2D eigenvalue weighted by Crippen LogP contribution is 2.46. The molecule has 186 valence electrons. The number of Topliss-reactive ketones (excluding diaryl/α,β-unsaturated/α-hetero) is 1. The minimum absolute atomic E-state index is 0.00833. The lowest BCUT2D eigenvalue weighted by atomic mass is 9.75. The smallest absolute Gasteiger partial charge is 0.307 e. The van der Waals surface area contributed by atoms with E-state index in [9.17, 15) is 9.59 Å². The largest absolute Gasteiger partial charge is 0.481 e. The third kappa shape index (κ3) is 8.08. The molecular weight excluding hydrogens is 428 g/mol. The van der Waals surface area contributed by atoms with E-state index in [1.165, 1.54) is 43.8 Å². The monoisotopic (exact) mass is 474 g/mol. The van der Waals surface area contributed by atoms with Crippen LogP contribution in [-0.2, 0) is 14.0 Å². The lowest BCUT2D eigenvalue weighted by molar-refractivity contribution is -0.136. The highest BCUT2D eigenvalue weighted by atomic mass is 28.4. The summed E-state index contributed by atoms with van der Waals surface area (Å²) in [4.78, 5) is 23.2. The summed E-state index contributed by atoms with van der Waals surface area (Å²) in [6.45, 7) is 14.0. The molecule has 0 aromatic rings. The van der Waals surface area contributed by atoms with Crippen molar-refractivity contribution in [2.45, 2.75) is 122 Å². The Bertz CT molecular complexity index is 776. The second-order valence-corrected chi connectivity index (χ2v) is 16.5. The summed E-state index contributed by atoms with van der Waals surface area (Å²) in [5.41, 5.74) is 4.07. The molecule has 2 aliphatic rings. The van der Waals surface area contributed by atoms with Crippen LogP contribution < -0.4 is 0 Å². The SMILES string of the molecule is CC(C)(C)[Si](C)(C)O[C@@](C)(CCC1=CCC(=O)[C@@H]1CCC=C=CCC(=O)O)C1CCCCC1. The van der Waals surface area contributed by atoms with Gasteiger partial charge < -0.3 is 9.53 Å². The lowest BCUT2D eigenvalue weighted by Gasteiger charge is -2.49. The molecule has 0 aromatic carbocycles. The van der Waals surface area contributed by atoms with Crippen LogP contribution in [0.2, 0.25) is 18.1 Å². The maximum Gasteiger partial charge on any atom is 0.307 e. The first kappa shape index (κ1) is 27.8. The molecule has 0 aromatic heterocycles. The van der Waals surface area contributed by atoms with Gasteiger partial charge in [0.15, 0.2) is 8.32 Å². The van der Waals surface area contributed by atoms with Gasteiger partial charge in [0, 0.05) is 12.3 Å². The predicted molar refractivity (Wildman–Crippen MR) is 138 cm³/mol. The van der Waals surface area contributed by atoms with Crippen LogP contribution in [0.5, 0.6) is 0 Å². The van der Waals surface area contributed by atoms with Gasteiger partial charge in [-0.25, -0.2) is 0 Å². The molecule has 4 nitrogen and oxygen atoms in total. The van der Waals surface area contributed by atoms with Crippen LogP contribution in [0, 0.1) is 11.8 Å². The summed E-state index contributed by atoms with van der Waals surface area (Å²) in [7, 11) is -1.92. The molecule has 0 saturated heterocycles. The van der Waals surface area contributed by atoms with E-state index in [0.717, 1.165) is 25.7 Å². The fraction of sp³-hybridized carbons (Fsp3) is 0.750.